The van der Waals surface area contributed by atoms with Crippen molar-refractivity contribution in [3.05, 3.63) is 65.0 Å². The maximum atomic E-state index is 12.6. The van der Waals surface area contributed by atoms with Gasteiger partial charge in [0.05, 0.1) is 23.7 Å². The molecule has 1 aliphatic carbocycles. The van der Waals surface area contributed by atoms with Crippen molar-refractivity contribution in [2.45, 2.75) is 38.1 Å². The fourth-order valence-electron chi connectivity index (χ4n) is 2.80. The van der Waals surface area contributed by atoms with Gasteiger partial charge in [0.2, 0.25) is 5.91 Å². The van der Waals surface area contributed by atoms with Crippen molar-refractivity contribution >= 4 is 11.8 Å². The van der Waals surface area contributed by atoms with Crippen LogP contribution in [0.2, 0.25) is 0 Å². The van der Waals surface area contributed by atoms with E-state index in [9.17, 15) is 9.59 Å². The average molecular weight is 323 g/mol. The summed E-state index contributed by atoms with van der Waals surface area (Å²) >= 11 is 0. The van der Waals surface area contributed by atoms with Crippen LogP contribution >= 0.6 is 0 Å². The molecule has 1 aromatic heterocycles. The first-order valence-electron chi connectivity index (χ1n) is 8.16. The van der Waals surface area contributed by atoms with Gasteiger partial charge in [0.1, 0.15) is 0 Å². The maximum absolute atomic E-state index is 12.6. The number of benzene rings is 1. The zero-order chi connectivity index (χ0) is 17.1. The topological polar surface area (TPSA) is 85.1 Å². The molecule has 0 unspecified atom stereocenters. The molecule has 2 amide bonds. The molecule has 0 aliphatic heterocycles. The number of rotatable bonds is 6. The second-order valence-corrected chi connectivity index (χ2v) is 6.25. The Hall–Kier alpha value is -2.69. The molecule has 0 radical (unpaired) electrons. The minimum absolute atomic E-state index is 0.0579. The quantitative estimate of drug-likeness (QED) is 0.857. The summed E-state index contributed by atoms with van der Waals surface area (Å²) in [5.74, 6) is -0.145. The lowest BCUT2D eigenvalue weighted by Gasteiger charge is -2.18. The lowest BCUT2D eigenvalue weighted by atomic mass is 10.0. The highest BCUT2D eigenvalue weighted by Crippen LogP contribution is 2.39. The molecule has 1 saturated carbocycles. The number of nitrogens with two attached hydrogens (primary N) is 1. The Morgan fingerprint density at radius 2 is 1.92 bits per heavy atom. The highest BCUT2D eigenvalue weighted by molar-refractivity contribution is 5.95. The molecule has 2 aromatic rings. The molecule has 0 spiro atoms. The van der Waals surface area contributed by atoms with E-state index in [-0.39, 0.29) is 12.3 Å². The van der Waals surface area contributed by atoms with Gasteiger partial charge in [-0.25, -0.2) is 0 Å². The van der Waals surface area contributed by atoms with E-state index in [1.54, 1.807) is 0 Å². The number of pyridine rings is 1. The van der Waals surface area contributed by atoms with Gasteiger partial charge in [-0.05, 0) is 37.5 Å². The Kier molecular flexibility index (Phi) is 4.60. The molecule has 1 aliphatic rings. The third-order valence-corrected chi connectivity index (χ3v) is 4.26. The Labute approximate surface area is 141 Å². The predicted octanol–water partition coefficient (Wildman–Crippen LogP) is 2.61. The van der Waals surface area contributed by atoms with Crippen molar-refractivity contribution in [3.8, 4) is 0 Å². The summed E-state index contributed by atoms with van der Waals surface area (Å²) in [7, 11) is 0. The second-order valence-electron chi connectivity index (χ2n) is 6.25. The van der Waals surface area contributed by atoms with E-state index in [1.165, 1.54) is 12.8 Å². The average Bonchev–Trinajstić information content (AvgIpc) is 3.39. The number of nitrogens with one attached hydrogen (secondary N) is 1. The molecule has 24 heavy (non-hydrogen) atoms. The van der Waals surface area contributed by atoms with Crippen molar-refractivity contribution in [3.63, 3.8) is 0 Å². The molecule has 1 atom stereocenters. The van der Waals surface area contributed by atoms with Crippen LogP contribution in [0.4, 0.5) is 0 Å². The number of hydrogen-bond acceptors (Lipinski definition) is 3. The fraction of sp³-hybridized carbons (Fsp3) is 0.316. The van der Waals surface area contributed by atoms with Crippen LogP contribution in [0.15, 0.2) is 42.5 Å². The van der Waals surface area contributed by atoms with E-state index in [0.717, 1.165) is 11.3 Å². The normalized spacial score (nSPS) is 14.9. The Morgan fingerprint density at radius 1 is 1.21 bits per heavy atom. The largest absolute Gasteiger partial charge is 0.370 e. The number of hydrogen-bond donors (Lipinski definition) is 2. The van der Waals surface area contributed by atoms with Crippen LogP contribution in [0.25, 0.3) is 0 Å². The van der Waals surface area contributed by atoms with Gasteiger partial charge in [-0.1, -0.05) is 30.3 Å². The van der Waals surface area contributed by atoms with Crippen LogP contribution in [-0.4, -0.2) is 16.8 Å². The van der Waals surface area contributed by atoms with Crippen LogP contribution < -0.4 is 11.1 Å². The summed E-state index contributed by atoms with van der Waals surface area (Å²) in [6.45, 7) is 1.84. The molecule has 124 valence electrons. The Bertz CT molecular complexity index is 754. The van der Waals surface area contributed by atoms with Crippen LogP contribution in [0, 0.1) is 6.92 Å². The number of carbonyl (C=O) groups is 2. The minimum atomic E-state index is -0.455. The summed E-state index contributed by atoms with van der Waals surface area (Å²) in [5.41, 5.74) is 8.48. The van der Waals surface area contributed by atoms with Crippen molar-refractivity contribution in [2.75, 3.05) is 0 Å². The first-order valence-corrected chi connectivity index (χ1v) is 8.16. The number of aromatic nitrogens is 1. The van der Waals surface area contributed by atoms with Gasteiger partial charge in [-0.2, -0.15) is 0 Å². The number of amides is 2. The molecular formula is C19H21N3O2. The highest BCUT2D eigenvalue weighted by atomic mass is 16.2. The fourth-order valence-corrected chi connectivity index (χ4v) is 2.80. The van der Waals surface area contributed by atoms with Gasteiger partial charge in [0.25, 0.3) is 5.91 Å². The monoisotopic (exact) mass is 323 g/mol. The van der Waals surface area contributed by atoms with E-state index in [0.29, 0.717) is 17.2 Å². The van der Waals surface area contributed by atoms with E-state index >= 15 is 0 Å². The number of carbonyl (C=O) groups excluding carboxylic acids is 2. The Morgan fingerprint density at radius 3 is 2.50 bits per heavy atom. The van der Waals surface area contributed by atoms with Crippen LogP contribution in [-0.2, 0) is 4.79 Å². The standard InChI is InChI=1S/C19H21N3O2/c1-12-15(9-10-16(21-12)14-7-8-14)19(24)22-17(11-18(20)23)13-5-3-2-4-6-13/h2-6,9-10,14,17H,7-8,11H2,1H3,(H2,20,23)(H,22,24)/t17-/m1/s1. The molecular weight excluding hydrogens is 302 g/mol. The number of aryl methyl sites for hydroxylation is 1. The van der Waals surface area contributed by atoms with E-state index < -0.39 is 11.9 Å². The van der Waals surface area contributed by atoms with Crippen LogP contribution in [0.5, 0.6) is 0 Å². The highest BCUT2D eigenvalue weighted by Gasteiger charge is 2.26. The zero-order valence-electron chi connectivity index (χ0n) is 13.7. The van der Waals surface area contributed by atoms with Gasteiger partial charge >= 0.3 is 0 Å². The maximum Gasteiger partial charge on any atom is 0.253 e. The summed E-state index contributed by atoms with van der Waals surface area (Å²) in [6, 6.07) is 12.7. The van der Waals surface area contributed by atoms with Crippen molar-refractivity contribution < 1.29 is 9.59 Å². The van der Waals surface area contributed by atoms with Crippen molar-refractivity contribution in [1.29, 1.82) is 0 Å². The van der Waals surface area contributed by atoms with E-state index in [1.807, 2.05) is 49.4 Å². The number of nitrogens with zero attached hydrogens (tertiary/aromatic N) is 1. The molecule has 1 heterocycles. The summed E-state index contributed by atoms with van der Waals surface area (Å²) in [5, 5.41) is 2.91. The molecule has 1 fully saturated rings. The van der Waals surface area contributed by atoms with Crippen molar-refractivity contribution in [1.82, 2.24) is 10.3 Å². The lowest BCUT2D eigenvalue weighted by Crippen LogP contribution is -2.32. The lowest BCUT2D eigenvalue weighted by molar-refractivity contribution is -0.118. The molecule has 3 rings (SSSR count). The molecule has 5 nitrogen and oxygen atoms in total. The van der Waals surface area contributed by atoms with E-state index in [2.05, 4.69) is 10.3 Å². The summed E-state index contributed by atoms with van der Waals surface area (Å²) in [6.07, 6.45) is 2.40. The predicted molar refractivity (Wildman–Crippen MR) is 91.4 cm³/mol. The third-order valence-electron chi connectivity index (χ3n) is 4.26. The van der Waals surface area contributed by atoms with Gasteiger partial charge in [-0.3, -0.25) is 14.6 Å². The minimum Gasteiger partial charge on any atom is -0.370 e. The molecule has 0 saturated heterocycles. The third kappa shape index (κ3) is 3.79. The van der Waals surface area contributed by atoms with Gasteiger partial charge in [-0.15, -0.1) is 0 Å². The zero-order valence-corrected chi connectivity index (χ0v) is 13.7. The first kappa shape index (κ1) is 16.2. The van der Waals surface area contributed by atoms with Crippen LogP contribution in [0.3, 0.4) is 0 Å². The van der Waals surface area contributed by atoms with Gasteiger partial charge < -0.3 is 11.1 Å². The molecule has 3 N–H and O–H groups in total. The smallest absolute Gasteiger partial charge is 0.253 e. The van der Waals surface area contributed by atoms with Crippen LogP contribution in [0.1, 0.15) is 58.5 Å². The SMILES string of the molecule is Cc1nc(C2CC2)ccc1C(=O)N[C@H](CC(N)=O)c1ccccc1. The van der Waals surface area contributed by atoms with Gasteiger partial charge in [0, 0.05) is 11.6 Å². The van der Waals surface area contributed by atoms with Gasteiger partial charge in [0.15, 0.2) is 0 Å². The molecule has 1 aromatic carbocycles. The molecule has 0 bridgehead atoms. The first-order chi connectivity index (χ1) is 11.5. The summed E-state index contributed by atoms with van der Waals surface area (Å²) < 4.78 is 0. The van der Waals surface area contributed by atoms with E-state index in [4.69, 9.17) is 5.73 Å². The second kappa shape index (κ2) is 6.83. The van der Waals surface area contributed by atoms with Crippen molar-refractivity contribution in [2.24, 2.45) is 5.73 Å². The molecule has 5 heteroatoms. The Balaban J connectivity index is 1.79. The summed E-state index contributed by atoms with van der Waals surface area (Å²) in [4.78, 5) is 28.5. The number of primary amides is 1.